The third kappa shape index (κ3) is 2.47. The molecule has 1 N–H and O–H groups in total. The van der Waals surface area contributed by atoms with Crippen molar-refractivity contribution in [3.8, 4) is 0 Å². The zero-order valence-electron chi connectivity index (χ0n) is 10.0. The van der Waals surface area contributed by atoms with E-state index in [0.717, 1.165) is 12.1 Å². The highest BCUT2D eigenvalue weighted by molar-refractivity contribution is 6.25. The Hall–Kier alpha value is -1.85. The Labute approximate surface area is 107 Å². The van der Waals surface area contributed by atoms with Crippen molar-refractivity contribution in [3.63, 3.8) is 0 Å². The van der Waals surface area contributed by atoms with Crippen LogP contribution in [0.15, 0.2) is 30.0 Å². The minimum atomic E-state index is -4.57. The zero-order valence-corrected chi connectivity index (χ0v) is 10.0. The van der Waals surface area contributed by atoms with Gasteiger partial charge in [-0.05, 0) is 17.7 Å². The molecule has 0 aliphatic heterocycles. The summed E-state index contributed by atoms with van der Waals surface area (Å²) in [6.07, 6.45) is -4.97. The van der Waals surface area contributed by atoms with E-state index in [1.165, 1.54) is 19.2 Å². The minimum absolute atomic E-state index is 0.00942. The van der Waals surface area contributed by atoms with Gasteiger partial charge in [0.05, 0.1) is 0 Å². The Balaban J connectivity index is 2.42. The lowest BCUT2D eigenvalue weighted by atomic mass is 9.99. The average molecular weight is 273 g/mol. The van der Waals surface area contributed by atoms with Crippen molar-refractivity contribution in [2.24, 2.45) is 5.92 Å². The summed E-state index contributed by atoms with van der Waals surface area (Å²) in [5.74, 6) is -3.49. The predicted molar refractivity (Wildman–Crippen MR) is 61.5 cm³/mol. The van der Waals surface area contributed by atoms with Crippen molar-refractivity contribution in [2.45, 2.75) is 12.6 Å². The SMILES string of the molecule is CNC1=C(c2ccc(F)cc2)C(=O)C(C(F)(F)F)C1. The highest BCUT2D eigenvalue weighted by Gasteiger charge is 2.50. The number of carbonyl (C=O) groups is 1. The molecule has 0 heterocycles. The molecule has 1 unspecified atom stereocenters. The molecule has 2 rings (SSSR count). The number of hydrogen-bond donors (Lipinski definition) is 1. The van der Waals surface area contributed by atoms with Crippen molar-refractivity contribution < 1.29 is 22.4 Å². The fourth-order valence-electron chi connectivity index (χ4n) is 2.15. The minimum Gasteiger partial charge on any atom is -0.391 e. The third-order valence-electron chi connectivity index (χ3n) is 3.10. The normalized spacial score (nSPS) is 20.1. The Morgan fingerprint density at radius 2 is 1.79 bits per heavy atom. The van der Waals surface area contributed by atoms with Gasteiger partial charge in [-0.15, -0.1) is 0 Å². The molecule has 102 valence electrons. The molecule has 1 aliphatic rings. The topological polar surface area (TPSA) is 29.1 Å². The average Bonchev–Trinajstić information content (AvgIpc) is 2.67. The molecule has 6 heteroatoms. The first kappa shape index (κ1) is 13.6. The fourth-order valence-corrected chi connectivity index (χ4v) is 2.15. The van der Waals surface area contributed by atoms with E-state index in [0.29, 0.717) is 5.56 Å². The maximum absolute atomic E-state index is 12.8. The van der Waals surface area contributed by atoms with Crippen LogP contribution < -0.4 is 5.32 Å². The van der Waals surface area contributed by atoms with Gasteiger partial charge in [0.25, 0.3) is 0 Å². The molecule has 0 saturated carbocycles. The summed E-state index contributed by atoms with van der Waals surface area (Å²) in [4.78, 5) is 11.9. The molecule has 0 amide bonds. The second-order valence-corrected chi connectivity index (χ2v) is 4.27. The molecular formula is C13H11F4NO. The van der Waals surface area contributed by atoms with Crippen molar-refractivity contribution in [3.05, 3.63) is 41.3 Å². The number of halogens is 4. The summed E-state index contributed by atoms with van der Waals surface area (Å²) < 4.78 is 51.0. The monoisotopic (exact) mass is 273 g/mol. The van der Waals surface area contributed by atoms with E-state index in [9.17, 15) is 22.4 Å². The van der Waals surface area contributed by atoms with Crippen LogP contribution in [0.5, 0.6) is 0 Å². The second-order valence-electron chi connectivity index (χ2n) is 4.27. The van der Waals surface area contributed by atoms with Crippen LogP contribution in [0.25, 0.3) is 5.57 Å². The van der Waals surface area contributed by atoms with E-state index >= 15 is 0 Å². The summed E-state index contributed by atoms with van der Waals surface area (Å²) >= 11 is 0. The number of nitrogens with one attached hydrogen (secondary N) is 1. The second kappa shape index (κ2) is 4.68. The van der Waals surface area contributed by atoms with Crippen LogP contribution in [-0.4, -0.2) is 19.0 Å². The Morgan fingerprint density at radius 3 is 2.26 bits per heavy atom. The molecule has 1 aromatic rings. The molecular weight excluding hydrogens is 262 g/mol. The molecule has 2 nitrogen and oxygen atoms in total. The zero-order chi connectivity index (χ0) is 14.2. The van der Waals surface area contributed by atoms with Crippen LogP contribution in [0.2, 0.25) is 0 Å². The third-order valence-corrected chi connectivity index (χ3v) is 3.10. The number of ketones is 1. The van der Waals surface area contributed by atoms with E-state index in [1.54, 1.807) is 0 Å². The maximum atomic E-state index is 12.8. The maximum Gasteiger partial charge on any atom is 0.399 e. The van der Waals surface area contributed by atoms with Gasteiger partial charge in [-0.2, -0.15) is 13.2 Å². The highest BCUT2D eigenvalue weighted by atomic mass is 19.4. The molecule has 0 radical (unpaired) electrons. The Kier molecular flexibility index (Phi) is 3.34. The number of carbonyl (C=O) groups excluding carboxylic acids is 1. The van der Waals surface area contributed by atoms with E-state index in [1.807, 2.05) is 0 Å². The predicted octanol–water partition coefficient (Wildman–Crippen LogP) is 2.91. The van der Waals surface area contributed by atoms with Gasteiger partial charge in [0.15, 0.2) is 5.78 Å². The van der Waals surface area contributed by atoms with Crippen LogP contribution in [0.4, 0.5) is 17.6 Å². The molecule has 1 aliphatic carbocycles. The van der Waals surface area contributed by atoms with Crippen molar-refractivity contribution in [2.75, 3.05) is 7.05 Å². The molecule has 1 aromatic carbocycles. The molecule has 0 fully saturated rings. The molecule has 0 bridgehead atoms. The number of Topliss-reactive ketones (excluding diaryl/α,β-unsaturated/α-hetero) is 1. The number of rotatable bonds is 2. The van der Waals surface area contributed by atoms with Gasteiger partial charge in [-0.3, -0.25) is 4.79 Å². The number of benzene rings is 1. The van der Waals surface area contributed by atoms with Gasteiger partial charge < -0.3 is 5.32 Å². The van der Waals surface area contributed by atoms with Gasteiger partial charge in [-0.1, -0.05) is 12.1 Å². The van der Waals surface area contributed by atoms with E-state index in [4.69, 9.17) is 0 Å². The smallest absolute Gasteiger partial charge is 0.391 e. The first-order valence-electron chi connectivity index (χ1n) is 5.62. The summed E-state index contributed by atoms with van der Waals surface area (Å²) in [6.45, 7) is 0. The van der Waals surface area contributed by atoms with Gasteiger partial charge >= 0.3 is 6.18 Å². The summed E-state index contributed by atoms with van der Waals surface area (Å²) in [5, 5.41) is 2.62. The Morgan fingerprint density at radius 1 is 1.21 bits per heavy atom. The van der Waals surface area contributed by atoms with E-state index in [2.05, 4.69) is 5.32 Å². The molecule has 1 atom stereocenters. The van der Waals surface area contributed by atoms with Gasteiger partial charge in [0.2, 0.25) is 0 Å². The number of allylic oxidation sites excluding steroid dienone is 2. The van der Waals surface area contributed by atoms with Gasteiger partial charge in [-0.25, -0.2) is 4.39 Å². The van der Waals surface area contributed by atoms with Crippen LogP contribution >= 0.6 is 0 Å². The molecule has 0 saturated heterocycles. The molecule has 0 aromatic heterocycles. The highest BCUT2D eigenvalue weighted by Crippen LogP contribution is 2.42. The van der Waals surface area contributed by atoms with Crippen LogP contribution in [0, 0.1) is 11.7 Å². The quantitative estimate of drug-likeness (QED) is 0.839. The first-order chi connectivity index (χ1) is 8.84. The number of alkyl halides is 3. The summed E-state index contributed by atoms with van der Waals surface area (Å²) in [6, 6.07) is 4.84. The lowest BCUT2D eigenvalue weighted by molar-refractivity contribution is -0.176. The van der Waals surface area contributed by atoms with Crippen LogP contribution in [-0.2, 0) is 4.79 Å². The van der Waals surface area contributed by atoms with Crippen LogP contribution in [0.3, 0.4) is 0 Å². The fraction of sp³-hybridized carbons (Fsp3) is 0.308. The van der Waals surface area contributed by atoms with Crippen LogP contribution in [0.1, 0.15) is 12.0 Å². The van der Waals surface area contributed by atoms with Crippen molar-refractivity contribution >= 4 is 11.4 Å². The van der Waals surface area contributed by atoms with E-state index < -0.39 is 30.1 Å². The van der Waals surface area contributed by atoms with Gasteiger partial charge in [0.1, 0.15) is 11.7 Å². The van der Waals surface area contributed by atoms with Crippen molar-refractivity contribution in [1.82, 2.24) is 5.32 Å². The largest absolute Gasteiger partial charge is 0.399 e. The summed E-state index contributed by atoms with van der Waals surface area (Å²) in [7, 11) is 1.46. The van der Waals surface area contributed by atoms with Gasteiger partial charge in [0, 0.05) is 24.7 Å². The van der Waals surface area contributed by atoms with Crippen molar-refractivity contribution in [1.29, 1.82) is 0 Å². The number of hydrogen-bond acceptors (Lipinski definition) is 2. The van der Waals surface area contributed by atoms with E-state index in [-0.39, 0.29) is 11.3 Å². The molecule has 0 spiro atoms. The lowest BCUT2D eigenvalue weighted by Gasteiger charge is -2.13. The lowest BCUT2D eigenvalue weighted by Crippen LogP contribution is -2.27. The first-order valence-corrected chi connectivity index (χ1v) is 5.62. The Bertz CT molecular complexity index is 531. The standard InChI is InChI=1S/C13H11F4NO/c1-18-10-6-9(13(15,16)17)12(19)11(10)7-2-4-8(14)5-3-7/h2-5,9,18H,6H2,1H3. The summed E-state index contributed by atoms with van der Waals surface area (Å²) in [5.41, 5.74) is 0.520. The molecule has 19 heavy (non-hydrogen) atoms.